The van der Waals surface area contributed by atoms with Gasteiger partial charge in [-0.05, 0) is 40.2 Å². The van der Waals surface area contributed by atoms with Crippen molar-refractivity contribution in [1.82, 2.24) is 15.1 Å². The van der Waals surface area contributed by atoms with Crippen LogP contribution in [0.3, 0.4) is 0 Å². The van der Waals surface area contributed by atoms with Crippen LogP contribution in [0, 0.1) is 0 Å². The number of nitrogens with zero attached hydrogens (tertiary/aromatic N) is 2. The summed E-state index contributed by atoms with van der Waals surface area (Å²) in [6.07, 6.45) is 3.41. The highest BCUT2D eigenvalue weighted by Crippen LogP contribution is 2.23. The second-order valence-electron chi connectivity index (χ2n) is 3.67. The van der Waals surface area contributed by atoms with Gasteiger partial charge in [0.2, 0.25) is 0 Å². The summed E-state index contributed by atoms with van der Waals surface area (Å²) in [4.78, 5) is 0. The van der Waals surface area contributed by atoms with E-state index >= 15 is 0 Å². The van der Waals surface area contributed by atoms with Gasteiger partial charge in [-0.1, -0.05) is 24.6 Å². The summed E-state index contributed by atoms with van der Waals surface area (Å²) in [6, 6.07) is 6.20. The third-order valence-corrected chi connectivity index (χ3v) is 3.22. The lowest BCUT2D eigenvalue weighted by Crippen LogP contribution is -2.11. The minimum absolute atomic E-state index is 0.633. The number of aromatic nitrogens is 2. The molecule has 0 radical (unpaired) electrons. The van der Waals surface area contributed by atoms with E-state index in [1.54, 1.807) is 17.1 Å². The molecule has 0 aliphatic carbocycles. The van der Waals surface area contributed by atoms with Gasteiger partial charge in [0.05, 0.1) is 16.9 Å². The summed E-state index contributed by atoms with van der Waals surface area (Å²) < 4.78 is 2.76. The van der Waals surface area contributed by atoms with E-state index < -0.39 is 0 Å². The molecule has 1 heterocycles. The number of nitrogens with one attached hydrogen (secondary N) is 1. The van der Waals surface area contributed by atoms with Crippen molar-refractivity contribution >= 4 is 27.5 Å². The van der Waals surface area contributed by atoms with Crippen molar-refractivity contribution in [3.8, 4) is 5.69 Å². The van der Waals surface area contributed by atoms with Gasteiger partial charge >= 0.3 is 0 Å². The second-order valence-corrected chi connectivity index (χ2v) is 4.96. The summed E-state index contributed by atoms with van der Waals surface area (Å²) in [5.74, 6) is 0. The van der Waals surface area contributed by atoms with E-state index in [9.17, 15) is 0 Å². The monoisotopic (exact) mass is 313 g/mol. The molecule has 0 spiro atoms. The molecule has 1 N–H and O–H groups in total. The molecule has 3 nitrogen and oxygen atoms in total. The van der Waals surface area contributed by atoms with Crippen LogP contribution in [-0.4, -0.2) is 16.3 Å². The molecule has 2 aromatic rings. The van der Waals surface area contributed by atoms with Crippen LogP contribution in [0.5, 0.6) is 0 Å². The summed E-state index contributed by atoms with van der Waals surface area (Å²) in [5.41, 5.74) is 2.22. The highest BCUT2D eigenvalue weighted by atomic mass is 79.9. The Hall–Kier alpha value is -0.840. The predicted molar refractivity (Wildman–Crippen MR) is 73.7 cm³/mol. The standard InChI is InChI=1S/C12H13BrClN3/c1-2-15-6-9-3-4-12(11(13)5-9)17-8-10(14)7-16-17/h3-5,7-8,15H,2,6H2,1H3. The maximum Gasteiger partial charge on any atom is 0.0790 e. The van der Waals surface area contributed by atoms with Crippen molar-refractivity contribution < 1.29 is 0 Å². The lowest BCUT2D eigenvalue weighted by Gasteiger charge is -2.07. The first kappa shape index (κ1) is 12.6. The van der Waals surface area contributed by atoms with Gasteiger partial charge in [0.15, 0.2) is 0 Å². The van der Waals surface area contributed by atoms with E-state index in [4.69, 9.17) is 11.6 Å². The van der Waals surface area contributed by atoms with Crippen LogP contribution in [0.2, 0.25) is 5.02 Å². The molecule has 0 saturated carbocycles. The average molecular weight is 315 g/mol. The van der Waals surface area contributed by atoms with Gasteiger partial charge in [-0.15, -0.1) is 0 Å². The Bertz CT molecular complexity index is 510. The largest absolute Gasteiger partial charge is 0.313 e. The van der Waals surface area contributed by atoms with Crippen molar-refractivity contribution in [3.05, 3.63) is 45.7 Å². The van der Waals surface area contributed by atoms with Crippen LogP contribution in [-0.2, 0) is 6.54 Å². The first-order valence-electron chi connectivity index (χ1n) is 5.40. The topological polar surface area (TPSA) is 29.9 Å². The highest BCUT2D eigenvalue weighted by Gasteiger charge is 2.05. The number of benzene rings is 1. The molecule has 17 heavy (non-hydrogen) atoms. The zero-order valence-electron chi connectivity index (χ0n) is 9.45. The smallest absolute Gasteiger partial charge is 0.0790 e. The summed E-state index contributed by atoms with van der Waals surface area (Å²) in [7, 11) is 0. The molecule has 1 aromatic heterocycles. The number of hydrogen-bond donors (Lipinski definition) is 1. The molecule has 0 bridgehead atoms. The second kappa shape index (κ2) is 5.67. The Balaban J connectivity index is 2.25. The van der Waals surface area contributed by atoms with Crippen molar-refractivity contribution in [2.75, 3.05) is 6.54 Å². The van der Waals surface area contributed by atoms with Crippen molar-refractivity contribution in [3.63, 3.8) is 0 Å². The molecule has 0 amide bonds. The van der Waals surface area contributed by atoms with E-state index in [0.29, 0.717) is 5.02 Å². The molecule has 0 unspecified atom stereocenters. The van der Waals surface area contributed by atoms with Crippen LogP contribution in [0.1, 0.15) is 12.5 Å². The Morgan fingerprint density at radius 1 is 1.47 bits per heavy atom. The van der Waals surface area contributed by atoms with Gasteiger partial charge in [-0.3, -0.25) is 0 Å². The molecule has 90 valence electrons. The van der Waals surface area contributed by atoms with Gasteiger partial charge in [-0.25, -0.2) is 4.68 Å². The van der Waals surface area contributed by atoms with Crippen LogP contribution in [0.25, 0.3) is 5.69 Å². The van der Waals surface area contributed by atoms with Crippen LogP contribution < -0.4 is 5.32 Å². The molecule has 5 heteroatoms. The van der Waals surface area contributed by atoms with Gasteiger partial charge in [-0.2, -0.15) is 5.10 Å². The number of halogens is 2. The zero-order chi connectivity index (χ0) is 12.3. The molecule has 2 rings (SSSR count). The van der Waals surface area contributed by atoms with Crippen LogP contribution >= 0.6 is 27.5 Å². The van der Waals surface area contributed by atoms with Crippen LogP contribution in [0.15, 0.2) is 35.1 Å². The number of rotatable bonds is 4. The molecule has 0 atom stereocenters. The van der Waals surface area contributed by atoms with E-state index in [0.717, 1.165) is 23.2 Å². The third-order valence-electron chi connectivity index (χ3n) is 2.39. The fourth-order valence-electron chi connectivity index (χ4n) is 1.55. The van der Waals surface area contributed by atoms with Crippen LogP contribution in [0.4, 0.5) is 0 Å². The Morgan fingerprint density at radius 3 is 2.88 bits per heavy atom. The minimum atomic E-state index is 0.633. The first-order valence-corrected chi connectivity index (χ1v) is 6.57. The van der Waals surface area contributed by atoms with E-state index in [1.165, 1.54) is 5.56 Å². The molecular formula is C12H13BrClN3. The maximum absolute atomic E-state index is 5.85. The minimum Gasteiger partial charge on any atom is -0.313 e. The fourth-order valence-corrected chi connectivity index (χ4v) is 2.29. The van der Waals surface area contributed by atoms with Gasteiger partial charge < -0.3 is 5.32 Å². The van der Waals surface area contributed by atoms with Crippen molar-refractivity contribution in [2.45, 2.75) is 13.5 Å². The van der Waals surface area contributed by atoms with Crippen molar-refractivity contribution in [1.29, 1.82) is 0 Å². The van der Waals surface area contributed by atoms with E-state index in [2.05, 4.69) is 45.4 Å². The normalized spacial score (nSPS) is 10.8. The first-order chi connectivity index (χ1) is 8.20. The molecule has 1 aromatic carbocycles. The number of hydrogen-bond acceptors (Lipinski definition) is 2. The van der Waals surface area contributed by atoms with Gasteiger partial charge in [0.25, 0.3) is 0 Å². The summed E-state index contributed by atoms with van der Waals surface area (Å²) in [6.45, 7) is 3.93. The Labute approximate surface area is 114 Å². The summed E-state index contributed by atoms with van der Waals surface area (Å²) in [5, 5.41) is 8.10. The zero-order valence-corrected chi connectivity index (χ0v) is 11.8. The average Bonchev–Trinajstić information content (AvgIpc) is 2.73. The SMILES string of the molecule is CCNCc1ccc(-n2cc(Cl)cn2)c(Br)c1. The molecule has 0 fully saturated rings. The summed E-state index contributed by atoms with van der Waals surface area (Å²) >= 11 is 9.41. The van der Waals surface area contributed by atoms with Gasteiger partial charge in [0.1, 0.15) is 0 Å². The lowest BCUT2D eigenvalue weighted by atomic mass is 10.2. The molecular weight excluding hydrogens is 302 g/mol. The lowest BCUT2D eigenvalue weighted by molar-refractivity contribution is 0.726. The molecule has 0 saturated heterocycles. The maximum atomic E-state index is 5.85. The van der Waals surface area contributed by atoms with E-state index in [1.807, 2.05) is 6.07 Å². The quantitative estimate of drug-likeness (QED) is 0.937. The van der Waals surface area contributed by atoms with E-state index in [-0.39, 0.29) is 0 Å². The predicted octanol–water partition coefficient (Wildman–Crippen LogP) is 3.40. The van der Waals surface area contributed by atoms with Crippen molar-refractivity contribution in [2.24, 2.45) is 0 Å². The van der Waals surface area contributed by atoms with Gasteiger partial charge in [0, 0.05) is 17.2 Å². The molecule has 0 aliphatic rings. The highest BCUT2D eigenvalue weighted by molar-refractivity contribution is 9.10. The fraction of sp³-hybridized carbons (Fsp3) is 0.250. The third kappa shape index (κ3) is 3.09. The Kier molecular flexibility index (Phi) is 4.20. The molecule has 0 aliphatic heterocycles. The Morgan fingerprint density at radius 2 is 2.29 bits per heavy atom.